The minimum Gasteiger partial charge on any atom is -0.367 e. The average molecular weight is 280 g/mol. The lowest BCUT2D eigenvalue weighted by atomic mass is 10.3. The standard InChI is InChI=1S/C11H10ClN5S/c12-9-2-1-8(18-9)3-4-13-10-11-16-15-7-17(11)6-5-14-10/h1-2,5-7H,3-4H2,(H,13,14). The third-order valence-corrected chi connectivity index (χ3v) is 3.80. The first-order valence-corrected chi connectivity index (χ1v) is 6.65. The van der Waals surface area contributed by atoms with Crippen LogP contribution < -0.4 is 5.32 Å². The number of aromatic nitrogens is 4. The zero-order valence-corrected chi connectivity index (χ0v) is 10.9. The molecule has 0 aromatic carbocycles. The molecule has 3 aromatic rings. The summed E-state index contributed by atoms with van der Waals surface area (Å²) < 4.78 is 2.65. The molecule has 92 valence electrons. The minimum absolute atomic E-state index is 0.738. The third-order valence-electron chi connectivity index (χ3n) is 2.51. The van der Waals surface area contributed by atoms with Crippen LogP contribution in [0.4, 0.5) is 5.82 Å². The molecule has 0 aliphatic heterocycles. The van der Waals surface area contributed by atoms with E-state index in [4.69, 9.17) is 11.6 Å². The highest BCUT2D eigenvalue weighted by Gasteiger charge is 2.04. The predicted molar refractivity (Wildman–Crippen MR) is 72.3 cm³/mol. The monoisotopic (exact) mass is 279 g/mol. The molecule has 0 amide bonds. The van der Waals surface area contributed by atoms with Crippen LogP contribution in [0.5, 0.6) is 0 Å². The Hall–Kier alpha value is -1.66. The molecule has 0 unspecified atom stereocenters. The fourth-order valence-corrected chi connectivity index (χ4v) is 2.76. The van der Waals surface area contributed by atoms with Crippen molar-refractivity contribution in [2.45, 2.75) is 6.42 Å². The summed E-state index contributed by atoms with van der Waals surface area (Å²) in [7, 11) is 0. The first-order valence-electron chi connectivity index (χ1n) is 5.45. The van der Waals surface area contributed by atoms with Crippen LogP contribution in [0.3, 0.4) is 0 Å². The molecule has 3 heterocycles. The Labute approximate surface area is 112 Å². The summed E-state index contributed by atoms with van der Waals surface area (Å²) >= 11 is 7.48. The summed E-state index contributed by atoms with van der Waals surface area (Å²) in [6, 6.07) is 3.96. The van der Waals surface area contributed by atoms with Crippen LogP contribution in [0.15, 0.2) is 30.9 Å². The highest BCUT2D eigenvalue weighted by Crippen LogP contribution is 2.21. The van der Waals surface area contributed by atoms with E-state index in [9.17, 15) is 0 Å². The van der Waals surface area contributed by atoms with E-state index in [-0.39, 0.29) is 0 Å². The van der Waals surface area contributed by atoms with E-state index in [1.807, 2.05) is 22.7 Å². The molecule has 0 aliphatic rings. The van der Waals surface area contributed by atoms with Crippen LogP contribution >= 0.6 is 22.9 Å². The topological polar surface area (TPSA) is 55.1 Å². The van der Waals surface area contributed by atoms with Crippen molar-refractivity contribution >= 4 is 34.4 Å². The minimum atomic E-state index is 0.738. The van der Waals surface area contributed by atoms with Crippen LogP contribution in [-0.2, 0) is 6.42 Å². The van der Waals surface area contributed by atoms with Crippen molar-refractivity contribution in [3.63, 3.8) is 0 Å². The van der Waals surface area contributed by atoms with E-state index in [1.54, 1.807) is 23.9 Å². The van der Waals surface area contributed by atoms with E-state index in [0.29, 0.717) is 0 Å². The summed E-state index contributed by atoms with van der Waals surface area (Å²) in [6.07, 6.45) is 6.11. The van der Waals surface area contributed by atoms with Crippen LogP contribution in [-0.4, -0.2) is 26.1 Å². The first kappa shape index (κ1) is 11.4. The van der Waals surface area contributed by atoms with E-state index in [0.717, 1.165) is 28.8 Å². The first-order chi connectivity index (χ1) is 8.83. The maximum atomic E-state index is 5.88. The predicted octanol–water partition coefficient (Wildman–Crippen LogP) is 2.49. The summed E-state index contributed by atoms with van der Waals surface area (Å²) in [5.74, 6) is 0.748. The van der Waals surface area contributed by atoms with E-state index < -0.39 is 0 Å². The molecule has 0 saturated heterocycles. The fourth-order valence-electron chi connectivity index (χ4n) is 1.67. The number of rotatable bonds is 4. The van der Waals surface area contributed by atoms with Crippen LogP contribution in [0.25, 0.3) is 5.65 Å². The van der Waals surface area contributed by atoms with Gasteiger partial charge in [-0.3, -0.25) is 4.40 Å². The van der Waals surface area contributed by atoms with E-state index in [1.165, 1.54) is 4.88 Å². The second-order valence-corrected chi connectivity index (χ2v) is 5.52. The highest BCUT2D eigenvalue weighted by molar-refractivity contribution is 7.16. The number of halogens is 1. The van der Waals surface area contributed by atoms with Crippen LogP contribution in [0.1, 0.15) is 4.88 Å². The van der Waals surface area contributed by atoms with Gasteiger partial charge in [-0.1, -0.05) is 11.6 Å². The Morgan fingerprint density at radius 3 is 3.17 bits per heavy atom. The third kappa shape index (κ3) is 2.30. The molecule has 0 radical (unpaired) electrons. The van der Waals surface area contributed by atoms with E-state index >= 15 is 0 Å². The Kier molecular flexibility index (Phi) is 3.12. The van der Waals surface area contributed by atoms with Gasteiger partial charge in [-0.15, -0.1) is 21.5 Å². The molecule has 0 spiro atoms. The number of hydrogen-bond donors (Lipinski definition) is 1. The lowest BCUT2D eigenvalue weighted by Gasteiger charge is -2.04. The van der Waals surface area contributed by atoms with Crippen molar-refractivity contribution in [1.29, 1.82) is 0 Å². The van der Waals surface area contributed by atoms with Crippen molar-refractivity contribution < 1.29 is 0 Å². The summed E-state index contributed by atoms with van der Waals surface area (Å²) in [4.78, 5) is 5.51. The molecule has 5 nitrogen and oxygen atoms in total. The second-order valence-electron chi connectivity index (χ2n) is 3.72. The largest absolute Gasteiger partial charge is 0.367 e. The molecule has 7 heteroatoms. The maximum absolute atomic E-state index is 5.88. The van der Waals surface area contributed by atoms with Gasteiger partial charge >= 0.3 is 0 Å². The van der Waals surface area contributed by atoms with E-state index in [2.05, 4.69) is 20.5 Å². The Morgan fingerprint density at radius 1 is 1.39 bits per heavy atom. The van der Waals surface area contributed by atoms with Gasteiger partial charge in [0, 0.05) is 23.8 Å². The maximum Gasteiger partial charge on any atom is 0.203 e. The highest BCUT2D eigenvalue weighted by atomic mass is 35.5. The van der Waals surface area contributed by atoms with Crippen molar-refractivity contribution in [3.8, 4) is 0 Å². The molecule has 1 N–H and O–H groups in total. The molecule has 0 saturated carbocycles. The molecule has 18 heavy (non-hydrogen) atoms. The zero-order valence-electron chi connectivity index (χ0n) is 9.38. The smallest absolute Gasteiger partial charge is 0.203 e. The summed E-state index contributed by atoms with van der Waals surface area (Å²) in [5.41, 5.74) is 0.738. The number of thiophene rings is 1. The molecule has 0 atom stereocenters. The Bertz CT molecular complexity index is 662. The quantitative estimate of drug-likeness (QED) is 0.797. The second kappa shape index (κ2) is 4.91. The van der Waals surface area contributed by atoms with Crippen molar-refractivity contribution in [3.05, 3.63) is 40.1 Å². The molecule has 3 aromatic heterocycles. The van der Waals surface area contributed by atoms with Gasteiger partial charge in [-0.25, -0.2) is 4.98 Å². The molecule has 0 bridgehead atoms. The van der Waals surface area contributed by atoms with Crippen molar-refractivity contribution in [2.24, 2.45) is 0 Å². The Morgan fingerprint density at radius 2 is 2.33 bits per heavy atom. The normalized spacial score (nSPS) is 10.9. The van der Waals surface area contributed by atoms with Crippen LogP contribution in [0, 0.1) is 0 Å². The fraction of sp³-hybridized carbons (Fsp3) is 0.182. The SMILES string of the molecule is Clc1ccc(CCNc2nccn3cnnc23)s1. The number of hydrogen-bond acceptors (Lipinski definition) is 5. The number of fused-ring (bicyclic) bond motifs is 1. The Balaban J connectivity index is 1.68. The van der Waals surface area contributed by atoms with Gasteiger partial charge in [0.15, 0.2) is 5.82 Å². The molecule has 0 fully saturated rings. The summed E-state index contributed by atoms with van der Waals surface area (Å²) in [6.45, 7) is 0.788. The lowest BCUT2D eigenvalue weighted by Crippen LogP contribution is -2.07. The van der Waals surface area contributed by atoms with Gasteiger partial charge in [0.25, 0.3) is 0 Å². The van der Waals surface area contributed by atoms with Gasteiger partial charge in [-0.2, -0.15) is 0 Å². The average Bonchev–Trinajstić information content (AvgIpc) is 2.98. The van der Waals surface area contributed by atoms with Gasteiger partial charge in [0.05, 0.1) is 4.34 Å². The van der Waals surface area contributed by atoms with Crippen molar-refractivity contribution in [2.75, 3.05) is 11.9 Å². The lowest BCUT2D eigenvalue weighted by molar-refractivity contribution is 1.02. The van der Waals surface area contributed by atoms with Gasteiger partial charge < -0.3 is 5.32 Å². The van der Waals surface area contributed by atoms with Gasteiger partial charge in [-0.05, 0) is 18.6 Å². The number of anilines is 1. The summed E-state index contributed by atoms with van der Waals surface area (Å²) in [5, 5.41) is 11.1. The number of nitrogens with zero attached hydrogens (tertiary/aromatic N) is 4. The molecular formula is C11H10ClN5S. The number of nitrogens with one attached hydrogen (secondary N) is 1. The molecular weight excluding hydrogens is 270 g/mol. The van der Waals surface area contributed by atoms with Gasteiger partial charge in [0.2, 0.25) is 5.65 Å². The molecule has 0 aliphatic carbocycles. The van der Waals surface area contributed by atoms with Crippen LogP contribution in [0.2, 0.25) is 4.34 Å². The zero-order chi connectivity index (χ0) is 12.4. The molecule has 3 rings (SSSR count). The van der Waals surface area contributed by atoms with Crippen molar-refractivity contribution in [1.82, 2.24) is 19.6 Å². The van der Waals surface area contributed by atoms with Gasteiger partial charge in [0.1, 0.15) is 6.33 Å².